The van der Waals surface area contributed by atoms with Gasteiger partial charge in [-0.15, -0.1) is 0 Å². The fourth-order valence-corrected chi connectivity index (χ4v) is 3.34. The maximum atomic E-state index is 12.2. The van der Waals surface area contributed by atoms with Crippen molar-refractivity contribution in [3.8, 4) is 5.75 Å². The molecule has 0 N–H and O–H groups in total. The number of ether oxygens (including phenoxy) is 1. The van der Waals surface area contributed by atoms with Crippen LogP contribution in [0.15, 0.2) is 59.0 Å². The zero-order valence-corrected chi connectivity index (χ0v) is 14.3. The Morgan fingerprint density at radius 3 is 2.56 bits per heavy atom. The SMILES string of the molecule is COc1cccc2cc(C(=O)COS(=O)(=O)Cc3ccccc3)oc12. The summed E-state index contributed by atoms with van der Waals surface area (Å²) in [4.78, 5) is 12.2. The van der Waals surface area contributed by atoms with Gasteiger partial charge in [-0.05, 0) is 17.7 Å². The number of methoxy groups -OCH3 is 1. The van der Waals surface area contributed by atoms with Crippen LogP contribution >= 0.6 is 0 Å². The number of hydrogen-bond acceptors (Lipinski definition) is 6. The normalized spacial score (nSPS) is 11.6. The zero-order chi connectivity index (χ0) is 17.9. The summed E-state index contributed by atoms with van der Waals surface area (Å²) in [6.45, 7) is -0.614. The summed E-state index contributed by atoms with van der Waals surface area (Å²) < 4.78 is 39.5. The number of furan rings is 1. The lowest BCUT2D eigenvalue weighted by Gasteiger charge is -2.04. The molecule has 0 aliphatic rings. The fourth-order valence-electron chi connectivity index (χ4n) is 2.37. The van der Waals surface area contributed by atoms with E-state index in [0.29, 0.717) is 22.3 Å². The molecule has 0 radical (unpaired) electrons. The van der Waals surface area contributed by atoms with Gasteiger partial charge >= 0.3 is 0 Å². The summed E-state index contributed by atoms with van der Waals surface area (Å²) in [7, 11) is -2.37. The Labute approximate surface area is 145 Å². The van der Waals surface area contributed by atoms with Crippen molar-refractivity contribution in [3.05, 3.63) is 65.9 Å². The molecular formula is C18H16O6S. The number of hydrogen-bond donors (Lipinski definition) is 0. The molecule has 6 nitrogen and oxygen atoms in total. The fraction of sp³-hybridized carbons (Fsp3) is 0.167. The molecule has 0 aliphatic heterocycles. The largest absolute Gasteiger partial charge is 0.493 e. The molecule has 2 aromatic carbocycles. The van der Waals surface area contributed by atoms with Crippen molar-refractivity contribution >= 4 is 26.9 Å². The third-order valence-corrected chi connectivity index (χ3v) is 4.72. The first kappa shape index (κ1) is 17.2. The lowest BCUT2D eigenvalue weighted by molar-refractivity contribution is 0.0899. The number of benzene rings is 2. The van der Waals surface area contributed by atoms with Gasteiger partial charge in [-0.1, -0.05) is 42.5 Å². The van der Waals surface area contributed by atoms with E-state index >= 15 is 0 Å². The summed E-state index contributed by atoms with van der Waals surface area (Å²) in [6.07, 6.45) is 0. The van der Waals surface area contributed by atoms with E-state index in [2.05, 4.69) is 0 Å². The topological polar surface area (TPSA) is 82.8 Å². The van der Waals surface area contributed by atoms with Crippen LogP contribution in [0.4, 0.5) is 0 Å². The van der Waals surface area contributed by atoms with Gasteiger partial charge in [-0.3, -0.25) is 8.98 Å². The summed E-state index contributed by atoms with van der Waals surface area (Å²) >= 11 is 0. The van der Waals surface area contributed by atoms with E-state index in [-0.39, 0.29) is 11.5 Å². The number of Topliss-reactive ketones (excluding diaryl/α,β-unsaturated/α-hetero) is 1. The standard InChI is InChI=1S/C18H16O6S/c1-22-16-9-5-8-14-10-17(24-18(14)16)15(19)11-23-25(20,21)12-13-6-3-2-4-7-13/h2-10H,11-12H2,1H3. The second kappa shape index (κ2) is 7.08. The molecule has 0 spiro atoms. The monoisotopic (exact) mass is 360 g/mol. The minimum Gasteiger partial charge on any atom is -0.493 e. The van der Waals surface area contributed by atoms with Crippen LogP contribution in [-0.4, -0.2) is 27.9 Å². The van der Waals surface area contributed by atoms with Gasteiger partial charge in [0.05, 0.1) is 7.11 Å². The Bertz CT molecular complexity index is 989. The Balaban J connectivity index is 1.70. The van der Waals surface area contributed by atoms with Gasteiger partial charge in [-0.25, -0.2) is 0 Å². The molecule has 130 valence electrons. The minimum absolute atomic E-state index is 0.0226. The van der Waals surface area contributed by atoms with Crippen molar-refractivity contribution in [2.24, 2.45) is 0 Å². The number of carbonyl (C=O) groups excluding carboxylic acids is 1. The number of fused-ring (bicyclic) bond motifs is 1. The van der Waals surface area contributed by atoms with E-state index < -0.39 is 22.5 Å². The molecule has 1 heterocycles. The maximum Gasteiger partial charge on any atom is 0.271 e. The first-order chi connectivity index (χ1) is 12.0. The van der Waals surface area contributed by atoms with E-state index in [1.165, 1.54) is 13.2 Å². The van der Waals surface area contributed by atoms with Crippen LogP contribution < -0.4 is 4.74 Å². The van der Waals surface area contributed by atoms with E-state index in [1.807, 2.05) is 0 Å². The summed E-state index contributed by atoms with van der Waals surface area (Å²) in [5.74, 6) is -0.340. The van der Waals surface area contributed by atoms with Crippen LogP contribution in [0.1, 0.15) is 16.1 Å². The molecule has 0 bridgehead atoms. The number of rotatable bonds is 7. The lowest BCUT2D eigenvalue weighted by atomic mass is 10.2. The number of para-hydroxylation sites is 1. The highest BCUT2D eigenvalue weighted by atomic mass is 32.2. The third-order valence-electron chi connectivity index (χ3n) is 3.56. The van der Waals surface area contributed by atoms with E-state index in [9.17, 15) is 13.2 Å². The second-order valence-electron chi connectivity index (χ2n) is 5.36. The Morgan fingerprint density at radius 1 is 1.08 bits per heavy atom. The molecule has 0 unspecified atom stereocenters. The van der Waals surface area contributed by atoms with Crippen molar-refractivity contribution in [2.75, 3.05) is 13.7 Å². The molecule has 3 aromatic rings. The second-order valence-corrected chi connectivity index (χ2v) is 7.00. The van der Waals surface area contributed by atoms with Crippen molar-refractivity contribution in [1.82, 2.24) is 0 Å². The van der Waals surface area contributed by atoms with Gasteiger partial charge in [0.15, 0.2) is 17.1 Å². The molecule has 0 saturated heterocycles. The van der Waals surface area contributed by atoms with E-state index in [4.69, 9.17) is 13.3 Å². The van der Waals surface area contributed by atoms with Crippen molar-refractivity contribution in [2.45, 2.75) is 5.75 Å². The molecular weight excluding hydrogens is 344 g/mol. The highest BCUT2D eigenvalue weighted by molar-refractivity contribution is 7.85. The van der Waals surface area contributed by atoms with Gasteiger partial charge < -0.3 is 9.15 Å². The van der Waals surface area contributed by atoms with Crippen LogP contribution in [0, 0.1) is 0 Å². The number of carbonyl (C=O) groups is 1. The lowest BCUT2D eigenvalue weighted by Crippen LogP contribution is -2.15. The summed E-state index contributed by atoms with van der Waals surface area (Å²) in [6, 6.07) is 15.4. The molecule has 25 heavy (non-hydrogen) atoms. The van der Waals surface area contributed by atoms with Gasteiger partial charge in [0.1, 0.15) is 12.4 Å². The van der Waals surface area contributed by atoms with E-state index in [1.54, 1.807) is 48.5 Å². The van der Waals surface area contributed by atoms with Gasteiger partial charge in [0.2, 0.25) is 5.78 Å². The molecule has 0 saturated carbocycles. The van der Waals surface area contributed by atoms with Crippen LogP contribution in [0.5, 0.6) is 5.75 Å². The Hall–Kier alpha value is -2.64. The van der Waals surface area contributed by atoms with Gasteiger partial charge in [0, 0.05) is 5.39 Å². The van der Waals surface area contributed by atoms with Crippen LogP contribution in [0.25, 0.3) is 11.0 Å². The molecule has 3 rings (SSSR count). The predicted octanol–water partition coefficient (Wildman–Crippen LogP) is 3.17. The minimum atomic E-state index is -3.87. The van der Waals surface area contributed by atoms with Crippen molar-refractivity contribution in [1.29, 1.82) is 0 Å². The Morgan fingerprint density at radius 2 is 1.84 bits per heavy atom. The first-order valence-corrected chi connectivity index (χ1v) is 9.07. The zero-order valence-electron chi connectivity index (χ0n) is 13.5. The molecule has 0 aliphatic carbocycles. The highest BCUT2D eigenvalue weighted by Crippen LogP contribution is 2.28. The summed E-state index contributed by atoms with van der Waals surface area (Å²) in [5, 5.41) is 0.690. The maximum absolute atomic E-state index is 12.2. The Kier molecular flexibility index (Phi) is 4.87. The van der Waals surface area contributed by atoms with Crippen molar-refractivity contribution < 1.29 is 26.5 Å². The van der Waals surface area contributed by atoms with E-state index in [0.717, 1.165) is 0 Å². The van der Waals surface area contributed by atoms with Crippen molar-refractivity contribution in [3.63, 3.8) is 0 Å². The average molecular weight is 360 g/mol. The van der Waals surface area contributed by atoms with Crippen LogP contribution in [0.2, 0.25) is 0 Å². The quantitative estimate of drug-likeness (QED) is 0.475. The molecule has 1 aromatic heterocycles. The smallest absolute Gasteiger partial charge is 0.271 e. The van der Waals surface area contributed by atoms with Crippen LogP contribution in [-0.2, 0) is 20.1 Å². The van der Waals surface area contributed by atoms with Gasteiger partial charge in [-0.2, -0.15) is 8.42 Å². The average Bonchev–Trinajstić information content (AvgIpc) is 3.04. The molecule has 0 fully saturated rings. The van der Waals surface area contributed by atoms with Gasteiger partial charge in [0.25, 0.3) is 10.1 Å². The first-order valence-electron chi connectivity index (χ1n) is 7.49. The molecule has 0 atom stereocenters. The molecule has 7 heteroatoms. The number of ketones is 1. The summed E-state index contributed by atoms with van der Waals surface area (Å²) in [5.41, 5.74) is 1.02. The molecule has 0 amide bonds. The highest BCUT2D eigenvalue weighted by Gasteiger charge is 2.19. The third kappa shape index (κ3) is 4.07. The van der Waals surface area contributed by atoms with Crippen LogP contribution in [0.3, 0.4) is 0 Å². The predicted molar refractivity (Wildman–Crippen MR) is 92.1 cm³/mol.